The van der Waals surface area contributed by atoms with E-state index in [0.717, 1.165) is 4.31 Å². The van der Waals surface area contributed by atoms with Crippen LogP contribution in [0.2, 0.25) is 0 Å². The molecule has 8 heteroatoms. The SMILES string of the molecule is COc1ccc(S(=O)(=O)N(CC(=O)Nc2ccccc2F)c2ccccc2)cc1. The second kappa shape index (κ2) is 8.74. The quantitative estimate of drug-likeness (QED) is 0.640. The highest BCUT2D eigenvalue weighted by atomic mass is 32.2. The van der Waals surface area contributed by atoms with Crippen molar-refractivity contribution in [2.45, 2.75) is 4.90 Å². The van der Waals surface area contributed by atoms with Crippen LogP contribution in [0, 0.1) is 5.82 Å². The molecule has 3 rings (SSSR count). The van der Waals surface area contributed by atoms with E-state index in [1.807, 2.05) is 0 Å². The van der Waals surface area contributed by atoms with Crippen molar-refractivity contribution >= 4 is 27.3 Å². The van der Waals surface area contributed by atoms with E-state index in [1.54, 1.807) is 36.4 Å². The summed E-state index contributed by atoms with van der Waals surface area (Å²) in [6.45, 7) is -0.521. The first-order valence-corrected chi connectivity index (χ1v) is 10.1. The average Bonchev–Trinajstić information content (AvgIpc) is 2.74. The maximum absolute atomic E-state index is 13.8. The van der Waals surface area contributed by atoms with Gasteiger partial charge in [0.15, 0.2) is 0 Å². The van der Waals surface area contributed by atoms with Gasteiger partial charge >= 0.3 is 0 Å². The largest absolute Gasteiger partial charge is 0.497 e. The average molecular weight is 414 g/mol. The second-order valence-electron chi connectivity index (χ2n) is 6.05. The fourth-order valence-corrected chi connectivity index (χ4v) is 4.09. The van der Waals surface area contributed by atoms with Crippen LogP contribution in [-0.2, 0) is 14.8 Å². The van der Waals surface area contributed by atoms with Gasteiger partial charge < -0.3 is 10.1 Å². The summed E-state index contributed by atoms with van der Waals surface area (Å²) >= 11 is 0. The molecule has 29 heavy (non-hydrogen) atoms. The number of anilines is 2. The molecule has 0 aliphatic heterocycles. The summed E-state index contributed by atoms with van der Waals surface area (Å²) in [7, 11) is -2.57. The Labute approximate surface area is 168 Å². The monoisotopic (exact) mass is 414 g/mol. The maximum atomic E-state index is 13.8. The van der Waals surface area contributed by atoms with Crippen LogP contribution >= 0.6 is 0 Å². The van der Waals surface area contributed by atoms with Gasteiger partial charge in [-0.05, 0) is 48.5 Å². The number of rotatable bonds is 7. The molecule has 0 saturated carbocycles. The zero-order valence-electron chi connectivity index (χ0n) is 15.6. The molecular weight excluding hydrogens is 395 g/mol. The van der Waals surface area contributed by atoms with E-state index in [0.29, 0.717) is 11.4 Å². The molecule has 6 nitrogen and oxygen atoms in total. The number of hydrogen-bond donors (Lipinski definition) is 1. The lowest BCUT2D eigenvalue weighted by atomic mass is 10.3. The molecule has 0 bridgehead atoms. The van der Waals surface area contributed by atoms with Gasteiger partial charge in [0.2, 0.25) is 5.91 Å². The van der Waals surface area contributed by atoms with Crippen molar-refractivity contribution in [3.63, 3.8) is 0 Å². The predicted molar refractivity (Wildman–Crippen MR) is 109 cm³/mol. The first kappa shape index (κ1) is 20.3. The molecule has 3 aromatic rings. The summed E-state index contributed by atoms with van der Waals surface area (Å²) in [6.07, 6.45) is 0. The van der Waals surface area contributed by atoms with Gasteiger partial charge in [0.25, 0.3) is 10.0 Å². The molecule has 0 radical (unpaired) electrons. The molecule has 1 N–H and O–H groups in total. The van der Waals surface area contributed by atoms with Crippen LogP contribution in [0.1, 0.15) is 0 Å². The highest BCUT2D eigenvalue weighted by Crippen LogP contribution is 2.25. The van der Waals surface area contributed by atoms with Crippen LogP contribution in [-0.4, -0.2) is 28.0 Å². The van der Waals surface area contributed by atoms with Crippen molar-refractivity contribution in [2.24, 2.45) is 0 Å². The molecule has 3 aromatic carbocycles. The number of amides is 1. The van der Waals surface area contributed by atoms with E-state index in [9.17, 15) is 17.6 Å². The van der Waals surface area contributed by atoms with Crippen LogP contribution in [0.3, 0.4) is 0 Å². The Hall–Kier alpha value is -3.39. The van der Waals surface area contributed by atoms with Crippen molar-refractivity contribution in [1.82, 2.24) is 0 Å². The molecule has 0 aliphatic carbocycles. The van der Waals surface area contributed by atoms with Crippen LogP contribution in [0.4, 0.5) is 15.8 Å². The summed E-state index contributed by atoms with van der Waals surface area (Å²) in [5, 5.41) is 2.41. The van der Waals surface area contributed by atoms with Gasteiger partial charge in [0, 0.05) is 0 Å². The highest BCUT2D eigenvalue weighted by molar-refractivity contribution is 7.92. The number of ether oxygens (including phenoxy) is 1. The smallest absolute Gasteiger partial charge is 0.264 e. The van der Waals surface area contributed by atoms with Crippen molar-refractivity contribution in [2.75, 3.05) is 23.3 Å². The number of halogens is 1. The summed E-state index contributed by atoms with van der Waals surface area (Å²) in [4.78, 5) is 12.5. The summed E-state index contributed by atoms with van der Waals surface area (Å²) < 4.78 is 46.3. The van der Waals surface area contributed by atoms with Gasteiger partial charge in [-0.15, -0.1) is 0 Å². The van der Waals surface area contributed by atoms with Crippen molar-refractivity contribution in [3.05, 3.63) is 84.7 Å². The number of carbonyl (C=O) groups is 1. The Morgan fingerprint density at radius 1 is 0.966 bits per heavy atom. The number of hydrogen-bond acceptors (Lipinski definition) is 4. The van der Waals surface area contributed by atoms with Crippen LogP contribution < -0.4 is 14.4 Å². The lowest BCUT2D eigenvalue weighted by Crippen LogP contribution is -2.38. The van der Waals surface area contributed by atoms with Crippen molar-refractivity contribution < 1.29 is 22.3 Å². The molecule has 0 unspecified atom stereocenters. The third-order valence-corrected chi connectivity index (χ3v) is 5.91. The number of benzene rings is 3. The molecule has 0 atom stereocenters. The second-order valence-corrected chi connectivity index (χ2v) is 7.91. The molecule has 0 fully saturated rings. The van der Waals surface area contributed by atoms with E-state index in [2.05, 4.69) is 5.32 Å². The Morgan fingerprint density at radius 3 is 2.21 bits per heavy atom. The van der Waals surface area contributed by atoms with Crippen LogP contribution in [0.15, 0.2) is 83.8 Å². The minimum Gasteiger partial charge on any atom is -0.497 e. The van der Waals surface area contributed by atoms with Gasteiger partial charge in [-0.3, -0.25) is 9.10 Å². The number of nitrogens with one attached hydrogen (secondary N) is 1. The molecule has 150 valence electrons. The first-order chi connectivity index (χ1) is 13.9. The number of sulfonamides is 1. The molecule has 0 aromatic heterocycles. The van der Waals surface area contributed by atoms with E-state index in [-0.39, 0.29) is 10.6 Å². The minimum absolute atomic E-state index is 0.000782. The summed E-state index contributed by atoms with van der Waals surface area (Å²) in [5.41, 5.74) is 0.291. The first-order valence-electron chi connectivity index (χ1n) is 8.68. The number of para-hydroxylation sites is 2. The normalized spacial score (nSPS) is 11.0. The summed E-state index contributed by atoms with van der Waals surface area (Å²) in [6, 6.07) is 19.8. The van der Waals surface area contributed by atoms with Crippen LogP contribution in [0.25, 0.3) is 0 Å². The Balaban J connectivity index is 1.92. The van der Waals surface area contributed by atoms with E-state index in [4.69, 9.17) is 4.74 Å². The van der Waals surface area contributed by atoms with E-state index >= 15 is 0 Å². The third-order valence-electron chi connectivity index (χ3n) is 4.13. The van der Waals surface area contributed by atoms with Crippen molar-refractivity contribution in [3.8, 4) is 5.75 Å². The fraction of sp³-hybridized carbons (Fsp3) is 0.0952. The molecule has 0 saturated heterocycles. The predicted octanol–water partition coefficient (Wildman–Crippen LogP) is 3.67. The number of nitrogens with zero attached hydrogens (tertiary/aromatic N) is 1. The van der Waals surface area contributed by atoms with E-state index < -0.39 is 28.3 Å². The highest BCUT2D eigenvalue weighted by Gasteiger charge is 2.27. The minimum atomic E-state index is -4.05. The van der Waals surface area contributed by atoms with Crippen LogP contribution in [0.5, 0.6) is 5.75 Å². The Bertz CT molecular complexity index is 1090. The summed E-state index contributed by atoms with van der Waals surface area (Å²) in [5.74, 6) is -0.770. The molecule has 0 aliphatic rings. The molecule has 1 amide bonds. The molecule has 0 spiro atoms. The molecular formula is C21H19FN2O4S. The van der Waals surface area contributed by atoms with E-state index in [1.165, 1.54) is 49.6 Å². The molecule has 0 heterocycles. The van der Waals surface area contributed by atoms with Gasteiger partial charge in [0.05, 0.1) is 23.4 Å². The Morgan fingerprint density at radius 2 is 1.59 bits per heavy atom. The van der Waals surface area contributed by atoms with Gasteiger partial charge in [0.1, 0.15) is 18.1 Å². The van der Waals surface area contributed by atoms with Crippen molar-refractivity contribution in [1.29, 1.82) is 0 Å². The van der Waals surface area contributed by atoms with Gasteiger partial charge in [-0.2, -0.15) is 0 Å². The Kier molecular flexibility index (Phi) is 6.13. The van der Waals surface area contributed by atoms with Gasteiger partial charge in [-0.25, -0.2) is 12.8 Å². The third kappa shape index (κ3) is 4.72. The van der Waals surface area contributed by atoms with Gasteiger partial charge in [-0.1, -0.05) is 30.3 Å². The number of carbonyl (C=O) groups excluding carboxylic acids is 1. The zero-order chi connectivity index (χ0) is 20.9. The number of methoxy groups -OCH3 is 1. The standard InChI is InChI=1S/C21H19FN2O4S/c1-28-17-11-13-18(14-12-17)29(26,27)24(16-7-3-2-4-8-16)15-21(25)23-20-10-6-5-9-19(20)22/h2-14H,15H2,1H3,(H,23,25). The maximum Gasteiger partial charge on any atom is 0.264 e. The fourth-order valence-electron chi connectivity index (χ4n) is 2.67. The lowest BCUT2D eigenvalue weighted by Gasteiger charge is -2.24. The lowest BCUT2D eigenvalue weighted by molar-refractivity contribution is -0.114. The zero-order valence-corrected chi connectivity index (χ0v) is 16.4. The topological polar surface area (TPSA) is 75.7 Å².